The number of rotatable bonds is 4. The summed E-state index contributed by atoms with van der Waals surface area (Å²) in [5.41, 5.74) is 5.82. The highest BCUT2D eigenvalue weighted by Crippen LogP contribution is 2.22. The van der Waals surface area contributed by atoms with Crippen molar-refractivity contribution in [1.29, 1.82) is 0 Å². The lowest BCUT2D eigenvalue weighted by atomic mass is 9.92. The molecule has 1 unspecified atom stereocenters. The maximum absolute atomic E-state index is 5.77. The molecule has 0 saturated heterocycles. The Morgan fingerprint density at radius 3 is 2.58 bits per heavy atom. The lowest BCUT2D eigenvalue weighted by molar-refractivity contribution is 0.537. The summed E-state index contributed by atoms with van der Waals surface area (Å²) in [5, 5.41) is 0. The van der Waals surface area contributed by atoms with Crippen molar-refractivity contribution in [3.05, 3.63) is 46.0 Å². The van der Waals surface area contributed by atoms with Crippen LogP contribution in [0.2, 0.25) is 0 Å². The number of benzene rings is 1. The monoisotopic (exact) mass is 322 g/mol. The Morgan fingerprint density at radius 2 is 1.84 bits per heavy atom. The number of allylic oxidation sites excluding steroid dienone is 1. The summed E-state index contributed by atoms with van der Waals surface area (Å²) < 4.78 is 1.12. The minimum absolute atomic E-state index is 0.277. The maximum atomic E-state index is 5.77. The Labute approximate surface area is 124 Å². The number of hydrazine groups is 1. The Bertz CT molecular complexity index is 411. The molecule has 0 amide bonds. The molecular formula is C16H23BrN2. The van der Waals surface area contributed by atoms with E-state index in [2.05, 4.69) is 51.7 Å². The molecular weight excluding hydrogens is 300 g/mol. The Hall–Kier alpha value is -0.640. The molecule has 1 aliphatic rings. The molecule has 0 bridgehead atoms. The number of hydrogen-bond acceptors (Lipinski definition) is 2. The van der Waals surface area contributed by atoms with Crippen LogP contribution in [-0.2, 0) is 6.42 Å². The van der Waals surface area contributed by atoms with Crippen molar-refractivity contribution < 1.29 is 0 Å². The zero-order valence-electron chi connectivity index (χ0n) is 11.4. The average Bonchev–Trinajstić information content (AvgIpc) is 2.38. The molecule has 19 heavy (non-hydrogen) atoms. The molecule has 0 fully saturated rings. The molecule has 0 heterocycles. The van der Waals surface area contributed by atoms with Gasteiger partial charge < -0.3 is 0 Å². The van der Waals surface area contributed by atoms with Crippen molar-refractivity contribution in [1.82, 2.24) is 5.43 Å². The number of halogens is 1. The summed E-state index contributed by atoms with van der Waals surface area (Å²) in [4.78, 5) is 0. The van der Waals surface area contributed by atoms with Gasteiger partial charge in [-0.3, -0.25) is 11.3 Å². The smallest absolute Gasteiger partial charge is 0.0460 e. The molecule has 0 radical (unpaired) electrons. The summed E-state index contributed by atoms with van der Waals surface area (Å²) in [7, 11) is 0. The van der Waals surface area contributed by atoms with Gasteiger partial charge in [0.2, 0.25) is 0 Å². The lowest BCUT2D eigenvalue weighted by Crippen LogP contribution is -2.38. The van der Waals surface area contributed by atoms with Gasteiger partial charge in [0.1, 0.15) is 0 Å². The fraction of sp³-hybridized carbons (Fsp3) is 0.500. The second-order valence-corrected chi connectivity index (χ2v) is 6.20. The standard InChI is InChI=1S/C16H23BrN2/c17-15-10-8-13(9-11-15)12-16(19-18)14-6-4-2-1-3-5-7-14/h6,8-11,16,19H,1-5,7,12,18H2/b14-6+. The van der Waals surface area contributed by atoms with E-state index in [0.29, 0.717) is 0 Å². The lowest BCUT2D eigenvalue weighted by Gasteiger charge is -2.21. The fourth-order valence-corrected chi connectivity index (χ4v) is 2.95. The van der Waals surface area contributed by atoms with Crippen LogP contribution in [0.15, 0.2) is 40.4 Å². The van der Waals surface area contributed by atoms with Crippen LogP contribution in [0.3, 0.4) is 0 Å². The van der Waals surface area contributed by atoms with Crippen LogP contribution in [0, 0.1) is 0 Å². The van der Waals surface area contributed by atoms with Crippen LogP contribution in [-0.4, -0.2) is 6.04 Å². The summed E-state index contributed by atoms with van der Waals surface area (Å²) >= 11 is 3.47. The summed E-state index contributed by atoms with van der Waals surface area (Å²) in [6, 6.07) is 8.79. The van der Waals surface area contributed by atoms with Crippen LogP contribution in [0.1, 0.15) is 44.1 Å². The SMILES string of the molecule is NNC(Cc1ccc(Br)cc1)/C1=C/CCCCCC1. The van der Waals surface area contributed by atoms with E-state index in [1.807, 2.05) is 0 Å². The van der Waals surface area contributed by atoms with Crippen molar-refractivity contribution in [3.63, 3.8) is 0 Å². The molecule has 1 aromatic rings. The predicted octanol–water partition coefficient (Wildman–Crippen LogP) is 4.10. The first-order chi connectivity index (χ1) is 9.29. The first-order valence-electron chi connectivity index (χ1n) is 7.19. The largest absolute Gasteiger partial charge is 0.271 e. The molecule has 0 spiro atoms. The highest BCUT2D eigenvalue weighted by Gasteiger charge is 2.14. The Kier molecular flexibility index (Phi) is 6.08. The molecule has 1 aromatic carbocycles. The molecule has 0 saturated carbocycles. The average molecular weight is 323 g/mol. The van der Waals surface area contributed by atoms with E-state index in [1.165, 1.54) is 49.7 Å². The summed E-state index contributed by atoms with van der Waals surface area (Å²) in [6.45, 7) is 0. The number of nitrogens with one attached hydrogen (secondary N) is 1. The van der Waals surface area contributed by atoms with Gasteiger partial charge in [0.15, 0.2) is 0 Å². The van der Waals surface area contributed by atoms with Crippen LogP contribution in [0.4, 0.5) is 0 Å². The summed E-state index contributed by atoms with van der Waals surface area (Å²) in [5.74, 6) is 5.77. The highest BCUT2D eigenvalue weighted by atomic mass is 79.9. The fourth-order valence-electron chi connectivity index (χ4n) is 2.69. The first kappa shape index (κ1) is 14.8. The quantitative estimate of drug-likeness (QED) is 0.497. The van der Waals surface area contributed by atoms with Gasteiger partial charge in [-0.1, -0.05) is 52.6 Å². The molecule has 3 heteroatoms. The van der Waals surface area contributed by atoms with E-state index in [0.717, 1.165) is 10.9 Å². The maximum Gasteiger partial charge on any atom is 0.0460 e. The van der Waals surface area contributed by atoms with E-state index >= 15 is 0 Å². The zero-order valence-corrected chi connectivity index (χ0v) is 13.0. The third-order valence-electron chi connectivity index (χ3n) is 3.83. The molecule has 1 atom stereocenters. The van der Waals surface area contributed by atoms with Crippen LogP contribution in [0.5, 0.6) is 0 Å². The third-order valence-corrected chi connectivity index (χ3v) is 4.36. The predicted molar refractivity (Wildman–Crippen MR) is 84.7 cm³/mol. The number of nitrogens with two attached hydrogens (primary N) is 1. The van der Waals surface area contributed by atoms with Crippen LogP contribution < -0.4 is 11.3 Å². The van der Waals surface area contributed by atoms with E-state index < -0.39 is 0 Å². The van der Waals surface area contributed by atoms with Crippen molar-refractivity contribution >= 4 is 15.9 Å². The van der Waals surface area contributed by atoms with Crippen molar-refractivity contribution in [2.45, 2.75) is 51.0 Å². The van der Waals surface area contributed by atoms with E-state index in [1.54, 1.807) is 0 Å². The highest BCUT2D eigenvalue weighted by molar-refractivity contribution is 9.10. The molecule has 2 nitrogen and oxygen atoms in total. The zero-order chi connectivity index (χ0) is 13.5. The van der Waals surface area contributed by atoms with Crippen LogP contribution in [0.25, 0.3) is 0 Å². The van der Waals surface area contributed by atoms with Gasteiger partial charge in [-0.25, -0.2) is 0 Å². The topological polar surface area (TPSA) is 38.0 Å². The van der Waals surface area contributed by atoms with Crippen molar-refractivity contribution in [3.8, 4) is 0 Å². The van der Waals surface area contributed by atoms with Gasteiger partial charge in [-0.15, -0.1) is 0 Å². The minimum atomic E-state index is 0.277. The summed E-state index contributed by atoms with van der Waals surface area (Å²) in [6.07, 6.45) is 11.1. The molecule has 0 aliphatic heterocycles. The van der Waals surface area contributed by atoms with Crippen molar-refractivity contribution in [2.24, 2.45) is 5.84 Å². The van der Waals surface area contributed by atoms with E-state index in [9.17, 15) is 0 Å². The molecule has 0 aromatic heterocycles. The van der Waals surface area contributed by atoms with Gasteiger partial charge in [0.25, 0.3) is 0 Å². The number of hydrogen-bond donors (Lipinski definition) is 2. The first-order valence-corrected chi connectivity index (χ1v) is 7.98. The minimum Gasteiger partial charge on any atom is -0.271 e. The second kappa shape index (κ2) is 7.83. The van der Waals surface area contributed by atoms with Gasteiger partial charge in [-0.2, -0.15) is 0 Å². The van der Waals surface area contributed by atoms with Gasteiger partial charge >= 0.3 is 0 Å². The van der Waals surface area contributed by atoms with Crippen LogP contribution >= 0.6 is 15.9 Å². The van der Waals surface area contributed by atoms with E-state index in [4.69, 9.17) is 5.84 Å². The molecule has 1 aliphatic carbocycles. The van der Waals surface area contributed by atoms with Gasteiger partial charge in [0, 0.05) is 10.5 Å². The Morgan fingerprint density at radius 1 is 1.11 bits per heavy atom. The van der Waals surface area contributed by atoms with Gasteiger partial charge in [0.05, 0.1) is 0 Å². The van der Waals surface area contributed by atoms with Gasteiger partial charge in [-0.05, 0) is 49.8 Å². The third kappa shape index (κ3) is 4.75. The Balaban J connectivity index is 2.03. The molecule has 104 valence electrons. The normalized spacial score (nSPS) is 21.1. The molecule has 3 N–H and O–H groups in total. The molecule has 2 rings (SSSR count). The van der Waals surface area contributed by atoms with Crippen molar-refractivity contribution in [2.75, 3.05) is 0 Å². The second-order valence-electron chi connectivity index (χ2n) is 5.28. The van der Waals surface area contributed by atoms with E-state index in [-0.39, 0.29) is 6.04 Å².